The first-order valence-electron chi connectivity index (χ1n) is 12.3. The van der Waals surface area contributed by atoms with Crippen LogP contribution in [0.1, 0.15) is 41.2 Å². The molecule has 0 saturated carbocycles. The molecule has 5 nitrogen and oxygen atoms in total. The number of rotatable bonds is 11. The standard InChI is InChI=1S/C30H35FN2O3/c1-5-15-32-30(35)27(18-24-9-7-6-8-10-24)33(19-25-11-13-26(31)14-12-25)29(34)20-36-28-17-21(2)16-22(3)23(28)4/h6-14,16-17,27H,5,15,18-20H2,1-4H3,(H,32,35)/t27-/m0/s1. The Morgan fingerprint density at radius 1 is 0.972 bits per heavy atom. The first-order chi connectivity index (χ1) is 17.3. The lowest BCUT2D eigenvalue weighted by atomic mass is 10.0. The van der Waals surface area contributed by atoms with Crippen molar-refractivity contribution < 1.29 is 18.7 Å². The summed E-state index contributed by atoms with van der Waals surface area (Å²) in [4.78, 5) is 28.5. The highest BCUT2D eigenvalue weighted by Crippen LogP contribution is 2.24. The van der Waals surface area contributed by atoms with E-state index in [9.17, 15) is 14.0 Å². The molecule has 0 aromatic heterocycles. The Bertz CT molecular complexity index is 1160. The zero-order valence-corrected chi connectivity index (χ0v) is 21.5. The van der Waals surface area contributed by atoms with Gasteiger partial charge in [0.2, 0.25) is 5.91 Å². The van der Waals surface area contributed by atoms with Crippen LogP contribution in [-0.4, -0.2) is 35.9 Å². The molecule has 0 heterocycles. The smallest absolute Gasteiger partial charge is 0.261 e. The van der Waals surface area contributed by atoms with Gasteiger partial charge in [-0.15, -0.1) is 0 Å². The molecular formula is C30H35FN2O3. The van der Waals surface area contributed by atoms with Gasteiger partial charge in [0, 0.05) is 19.5 Å². The van der Waals surface area contributed by atoms with Crippen LogP contribution in [0.2, 0.25) is 0 Å². The van der Waals surface area contributed by atoms with Crippen LogP contribution in [0.15, 0.2) is 66.7 Å². The Morgan fingerprint density at radius 3 is 2.33 bits per heavy atom. The summed E-state index contributed by atoms with van der Waals surface area (Å²) in [5.74, 6) is -0.242. The molecule has 2 amide bonds. The molecule has 0 fully saturated rings. The van der Waals surface area contributed by atoms with Crippen molar-refractivity contribution in [2.24, 2.45) is 0 Å². The maximum Gasteiger partial charge on any atom is 0.261 e. The number of hydrogen-bond donors (Lipinski definition) is 1. The van der Waals surface area contributed by atoms with Crippen molar-refractivity contribution in [3.8, 4) is 5.75 Å². The molecule has 0 aliphatic carbocycles. The van der Waals surface area contributed by atoms with E-state index < -0.39 is 6.04 Å². The number of amides is 2. The molecule has 0 spiro atoms. The van der Waals surface area contributed by atoms with Gasteiger partial charge in [-0.05, 0) is 73.2 Å². The third kappa shape index (κ3) is 7.41. The maximum atomic E-state index is 13.6. The molecule has 190 valence electrons. The summed E-state index contributed by atoms with van der Waals surface area (Å²) in [7, 11) is 0. The molecule has 6 heteroatoms. The monoisotopic (exact) mass is 490 g/mol. The molecule has 0 aliphatic heterocycles. The van der Waals surface area contributed by atoms with Gasteiger partial charge in [-0.2, -0.15) is 0 Å². The Labute approximate surface area is 213 Å². The van der Waals surface area contributed by atoms with Crippen LogP contribution in [0.25, 0.3) is 0 Å². The van der Waals surface area contributed by atoms with E-state index >= 15 is 0 Å². The van der Waals surface area contributed by atoms with E-state index in [1.807, 2.05) is 64.1 Å². The second-order valence-electron chi connectivity index (χ2n) is 9.14. The summed E-state index contributed by atoms with van der Waals surface area (Å²) in [6.07, 6.45) is 1.14. The molecule has 1 N–H and O–H groups in total. The number of ether oxygens (including phenoxy) is 1. The highest BCUT2D eigenvalue weighted by molar-refractivity contribution is 5.88. The molecule has 3 rings (SSSR count). The number of nitrogens with one attached hydrogen (secondary N) is 1. The first-order valence-corrected chi connectivity index (χ1v) is 12.3. The van der Waals surface area contributed by atoms with E-state index in [0.29, 0.717) is 18.7 Å². The van der Waals surface area contributed by atoms with Crippen LogP contribution in [0.5, 0.6) is 5.75 Å². The summed E-state index contributed by atoms with van der Waals surface area (Å²) in [5.41, 5.74) is 4.77. The lowest BCUT2D eigenvalue weighted by Gasteiger charge is -2.31. The van der Waals surface area contributed by atoms with Crippen LogP contribution in [0, 0.1) is 26.6 Å². The van der Waals surface area contributed by atoms with Gasteiger partial charge < -0.3 is 15.0 Å². The third-order valence-electron chi connectivity index (χ3n) is 6.20. The average molecular weight is 491 g/mol. The van der Waals surface area contributed by atoms with E-state index in [2.05, 4.69) is 11.4 Å². The molecule has 0 unspecified atom stereocenters. The minimum atomic E-state index is -0.750. The largest absolute Gasteiger partial charge is 0.483 e. The zero-order valence-electron chi connectivity index (χ0n) is 21.5. The number of hydrogen-bond acceptors (Lipinski definition) is 3. The Kier molecular flexibility index (Phi) is 9.62. The zero-order chi connectivity index (χ0) is 26.1. The van der Waals surface area contributed by atoms with Gasteiger partial charge >= 0.3 is 0 Å². The summed E-state index contributed by atoms with van der Waals surface area (Å²) in [6.45, 7) is 8.39. The van der Waals surface area contributed by atoms with Gasteiger partial charge in [0.05, 0.1) is 0 Å². The molecule has 0 aliphatic rings. The van der Waals surface area contributed by atoms with E-state index in [1.165, 1.54) is 12.1 Å². The van der Waals surface area contributed by atoms with Gasteiger partial charge in [-0.3, -0.25) is 9.59 Å². The molecule has 0 radical (unpaired) electrons. The van der Waals surface area contributed by atoms with Crippen molar-refractivity contribution in [1.82, 2.24) is 10.2 Å². The van der Waals surface area contributed by atoms with Gasteiger partial charge in [-0.1, -0.05) is 55.5 Å². The normalized spacial score (nSPS) is 11.6. The molecule has 0 saturated heterocycles. The summed E-state index contributed by atoms with van der Waals surface area (Å²) in [5, 5.41) is 2.95. The summed E-state index contributed by atoms with van der Waals surface area (Å²) >= 11 is 0. The average Bonchev–Trinajstić information content (AvgIpc) is 2.87. The van der Waals surface area contributed by atoms with Crippen molar-refractivity contribution in [3.05, 3.63) is 100 Å². The van der Waals surface area contributed by atoms with E-state index in [0.717, 1.165) is 34.2 Å². The van der Waals surface area contributed by atoms with Crippen LogP contribution in [-0.2, 0) is 22.6 Å². The molecule has 36 heavy (non-hydrogen) atoms. The summed E-state index contributed by atoms with van der Waals surface area (Å²) in [6, 6.07) is 18.8. The van der Waals surface area contributed by atoms with Crippen LogP contribution >= 0.6 is 0 Å². The minimum absolute atomic E-state index is 0.158. The third-order valence-corrected chi connectivity index (χ3v) is 6.20. The molecule has 1 atom stereocenters. The lowest BCUT2D eigenvalue weighted by molar-refractivity contribution is -0.142. The van der Waals surface area contributed by atoms with E-state index in [-0.39, 0.29) is 30.8 Å². The SMILES string of the molecule is CCCNC(=O)[C@H](Cc1ccccc1)N(Cc1ccc(F)cc1)C(=O)COc1cc(C)cc(C)c1C. The predicted octanol–water partition coefficient (Wildman–Crippen LogP) is 5.30. The topological polar surface area (TPSA) is 58.6 Å². The quantitative estimate of drug-likeness (QED) is 0.397. The molecular weight excluding hydrogens is 455 g/mol. The Balaban J connectivity index is 1.91. The number of aryl methyl sites for hydroxylation is 2. The number of halogens is 1. The summed E-state index contributed by atoms with van der Waals surface area (Å²) < 4.78 is 19.5. The predicted molar refractivity (Wildman–Crippen MR) is 140 cm³/mol. The van der Waals surface area contributed by atoms with E-state index in [1.54, 1.807) is 17.0 Å². The molecule has 3 aromatic carbocycles. The lowest BCUT2D eigenvalue weighted by Crippen LogP contribution is -2.51. The van der Waals surface area contributed by atoms with Crippen molar-refractivity contribution >= 4 is 11.8 Å². The van der Waals surface area contributed by atoms with E-state index in [4.69, 9.17) is 4.74 Å². The first kappa shape index (κ1) is 26.9. The number of carbonyl (C=O) groups excluding carboxylic acids is 2. The van der Waals surface area contributed by atoms with Crippen LogP contribution in [0.4, 0.5) is 4.39 Å². The highest BCUT2D eigenvalue weighted by atomic mass is 19.1. The number of benzene rings is 3. The number of carbonyl (C=O) groups is 2. The fraction of sp³-hybridized carbons (Fsp3) is 0.333. The second kappa shape index (κ2) is 12.9. The van der Waals surface area contributed by atoms with Crippen LogP contribution < -0.4 is 10.1 Å². The maximum absolute atomic E-state index is 13.6. The molecule has 3 aromatic rings. The van der Waals surface area contributed by atoms with Gasteiger partial charge in [0.15, 0.2) is 6.61 Å². The number of nitrogens with zero attached hydrogens (tertiary/aromatic N) is 1. The van der Waals surface area contributed by atoms with Crippen molar-refractivity contribution in [2.45, 2.75) is 53.1 Å². The van der Waals surface area contributed by atoms with Crippen molar-refractivity contribution in [2.75, 3.05) is 13.2 Å². The fourth-order valence-corrected chi connectivity index (χ4v) is 4.08. The van der Waals surface area contributed by atoms with Gasteiger partial charge in [0.1, 0.15) is 17.6 Å². The minimum Gasteiger partial charge on any atom is -0.483 e. The Hall–Kier alpha value is -3.67. The fourth-order valence-electron chi connectivity index (χ4n) is 4.08. The van der Waals surface area contributed by atoms with Gasteiger partial charge in [0.25, 0.3) is 5.91 Å². The Morgan fingerprint density at radius 2 is 1.67 bits per heavy atom. The highest BCUT2D eigenvalue weighted by Gasteiger charge is 2.30. The second-order valence-corrected chi connectivity index (χ2v) is 9.14. The van der Waals surface area contributed by atoms with Crippen molar-refractivity contribution in [1.29, 1.82) is 0 Å². The van der Waals surface area contributed by atoms with Crippen LogP contribution in [0.3, 0.4) is 0 Å². The van der Waals surface area contributed by atoms with Crippen molar-refractivity contribution in [3.63, 3.8) is 0 Å². The van der Waals surface area contributed by atoms with Gasteiger partial charge in [-0.25, -0.2) is 4.39 Å². The molecule has 0 bridgehead atoms.